The Morgan fingerprint density at radius 2 is 2.12 bits per heavy atom. The van der Waals surface area contributed by atoms with E-state index in [1.165, 1.54) is 32.8 Å². The molecule has 0 heterocycles. The molecule has 0 aromatic rings. The zero-order valence-corrected chi connectivity index (χ0v) is 9.70. The Hall–Kier alpha value is -1.06. The molecule has 4 nitrogen and oxygen atoms in total. The fourth-order valence-corrected chi connectivity index (χ4v) is 3.18. The molecule has 0 aliphatic heterocycles. The summed E-state index contributed by atoms with van der Waals surface area (Å²) in [6.07, 6.45) is 5.74. The zero-order valence-electron chi connectivity index (χ0n) is 9.70. The maximum absolute atomic E-state index is 11.6. The third kappa shape index (κ3) is 2.54. The molecule has 4 heteroatoms. The number of nitrogens with one attached hydrogen (secondary N) is 1. The van der Waals surface area contributed by atoms with E-state index < -0.39 is 0 Å². The molecule has 1 amide bonds. The van der Waals surface area contributed by atoms with Crippen molar-refractivity contribution in [3.05, 3.63) is 0 Å². The van der Waals surface area contributed by atoms with Crippen LogP contribution in [0.3, 0.4) is 0 Å². The van der Waals surface area contributed by atoms with Gasteiger partial charge in [-0.15, -0.1) is 0 Å². The van der Waals surface area contributed by atoms with Crippen LogP contribution < -0.4 is 5.32 Å². The average Bonchev–Trinajstić information content (AvgIpc) is 2.87. The smallest absolute Gasteiger partial charge is 0.325 e. The van der Waals surface area contributed by atoms with Crippen LogP contribution in [0.15, 0.2) is 0 Å². The summed E-state index contributed by atoms with van der Waals surface area (Å²) in [4.78, 5) is 22.4. The van der Waals surface area contributed by atoms with Crippen molar-refractivity contribution in [3.8, 4) is 0 Å². The Kier molecular flexibility index (Phi) is 3.46. The van der Waals surface area contributed by atoms with Gasteiger partial charge in [0.1, 0.15) is 6.54 Å². The molecule has 0 aromatic carbocycles. The van der Waals surface area contributed by atoms with Crippen LogP contribution in [0.1, 0.15) is 32.1 Å². The van der Waals surface area contributed by atoms with E-state index in [-0.39, 0.29) is 18.4 Å². The van der Waals surface area contributed by atoms with E-state index in [4.69, 9.17) is 0 Å². The number of esters is 1. The van der Waals surface area contributed by atoms with Crippen LogP contribution in [-0.4, -0.2) is 25.5 Å². The summed E-state index contributed by atoms with van der Waals surface area (Å²) < 4.78 is 4.47. The Morgan fingerprint density at radius 3 is 2.69 bits per heavy atom. The molecule has 2 bridgehead atoms. The first kappa shape index (κ1) is 11.4. The summed E-state index contributed by atoms with van der Waals surface area (Å²) in [5.74, 6) is 1.78. The van der Waals surface area contributed by atoms with Crippen LogP contribution in [0.5, 0.6) is 0 Å². The number of amides is 1. The number of fused-ring (bicyclic) bond motifs is 2. The molecule has 0 unspecified atom stereocenters. The Labute approximate surface area is 95.7 Å². The molecule has 0 spiro atoms. The third-order valence-electron chi connectivity index (χ3n) is 3.99. The minimum atomic E-state index is -0.388. The van der Waals surface area contributed by atoms with E-state index in [0.717, 1.165) is 11.8 Å². The monoisotopic (exact) mass is 225 g/mol. The molecule has 0 saturated heterocycles. The van der Waals surface area contributed by atoms with E-state index in [2.05, 4.69) is 10.1 Å². The lowest BCUT2D eigenvalue weighted by atomic mass is 9.86. The molecule has 3 atom stereocenters. The van der Waals surface area contributed by atoms with Crippen LogP contribution in [0, 0.1) is 17.8 Å². The first-order valence-corrected chi connectivity index (χ1v) is 6.02. The van der Waals surface area contributed by atoms with Crippen LogP contribution >= 0.6 is 0 Å². The first-order valence-electron chi connectivity index (χ1n) is 6.02. The van der Waals surface area contributed by atoms with Gasteiger partial charge in [0, 0.05) is 6.42 Å². The quantitative estimate of drug-likeness (QED) is 0.729. The average molecular weight is 225 g/mol. The second-order valence-corrected chi connectivity index (χ2v) is 4.99. The third-order valence-corrected chi connectivity index (χ3v) is 3.99. The lowest BCUT2D eigenvalue weighted by Gasteiger charge is -2.20. The highest BCUT2D eigenvalue weighted by molar-refractivity contribution is 5.81. The van der Waals surface area contributed by atoms with E-state index >= 15 is 0 Å². The number of ether oxygens (including phenoxy) is 1. The number of methoxy groups -OCH3 is 1. The standard InChI is InChI=1S/C12H19NO3/c1-16-12(15)7-13-11(14)6-10-5-8-2-3-9(10)4-8/h8-10H,2-7H2,1H3,(H,13,14)/t8-,9-,10+/m0/s1. The number of rotatable bonds is 4. The predicted octanol–water partition coefficient (Wildman–Crippen LogP) is 1.10. The van der Waals surface area contributed by atoms with Crippen molar-refractivity contribution in [2.24, 2.45) is 17.8 Å². The maximum atomic E-state index is 11.6. The van der Waals surface area contributed by atoms with Crippen molar-refractivity contribution in [2.45, 2.75) is 32.1 Å². The van der Waals surface area contributed by atoms with Gasteiger partial charge >= 0.3 is 5.97 Å². The van der Waals surface area contributed by atoms with Gasteiger partial charge in [-0.05, 0) is 37.0 Å². The first-order chi connectivity index (χ1) is 7.69. The van der Waals surface area contributed by atoms with Crippen LogP contribution in [0.25, 0.3) is 0 Å². The molecule has 2 rings (SSSR count). The van der Waals surface area contributed by atoms with Gasteiger partial charge in [-0.25, -0.2) is 0 Å². The summed E-state index contributed by atoms with van der Waals surface area (Å²) in [5.41, 5.74) is 0. The topological polar surface area (TPSA) is 55.4 Å². The van der Waals surface area contributed by atoms with Crippen molar-refractivity contribution >= 4 is 11.9 Å². The van der Waals surface area contributed by atoms with Crippen molar-refractivity contribution in [1.82, 2.24) is 5.32 Å². The highest BCUT2D eigenvalue weighted by Gasteiger charge is 2.39. The number of hydrogen-bond donors (Lipinski definition) is 1. The van der Waals surface area contributed by atoms with E-state index in [1.54, 1.807) is 0 Å². The van der Waals surface area contributed by atoms with Crippen molar-refractivity contribution in [3.63, 3.8) is 0 Å². The van der Waals surface area contributed by atoms with Gasteiger partial charge in [-0.1, -0.05) is 6.42 Å². The summed E-state index contributed by atoms with van der Waals surface area (Å²) in [5, 5.41) is 2.61. The van der Waals surface area contributed by atoms with Crippen LogP contribution in [-0.2, 0) is 14.3 Å². The molecule has 0 aromatic heterocycles. The molecule has 1 N–H and O–H groups in total. The number of carbonyl (C=O) groups excluding carboxylic acids is 2. The van der Waals surface area contributed by atoms with Gasteiger partial charge in [0.25, 0.3) is 0 Å². The number of carbonyl (C=O) groups is 2. The minimum Gasteiger partial charge on any atom is -0.468 e. The molecular weight excluding hydrogens is 206 g/mol. The van der Waals surface area contributed by atoms with Crippen molar-refractivity contribution < 1.29 is 14.3 Å². The SMILES string of the molecule is COC(=O)CNC(=O)C[C@H]1C[C@H]2CC[C@H]1C2. The molecule has 2 aliphatic carbocycles. The lowest BCUT2D eigenvalue weighted by molar-refractivity contribution is -0.141. The van der Waals surface area contributed by atoms with Gasteiger partial charge in [-0.3, -0.25) is 9.59 Å². The van der Waals surface area contributed by atoms with E-state index in [1.807, 2.05) is 0 Å². The molecule has 16 heavy (non-hydrogen) atoms. The van der Waals surface area contributed by atoms with Gasteiger partial charge in [0.15, 0.2) is 0 Å². The molecule has 2 aliphatic rings. The molecule has 2 saturated carbocycles. The van der Waals surface area contributed by atoms with Crippen LogP contribution in [0.4, 0.5) is 0 Å². The molecular formula is C12H19NO3. The Balaban J connectivity index is 1.69. The normalized spacial score (nSPS) is 31.4. The predicted molar refractivity (Wildman–Crippen MR) is 58.6 cm³/mol. The Morgan fingerprint density at radius 1 is 1.31 bits per heavy atom. The second kappa shape index (κ2) is 4.85. The molecule has 2 fully saturated rings. The highest BCUT2D eigenvalue weighted by Crippen LogP contribution is 2.49. The minimum absolute atomic E-state index is 0.00382. The van der Waals surface area contributed by atoms with Gasteiger partial charge in [-0.2, -0.15) is 0 Å². The van der Waals surface area contributed by atoms with Crippen molar-refractivity contribution in [1.29, 1.82) is 0 Å². The maximum Gasteiger partial charge on any atom is 0.325 e. The molecule has 90 valence electrons. The lowest BCUT2D eigenvalue weighted by Crippen LogP contribution is -2.32. The van der Waals surface area contributed by atoms with Crippen LogP contribution in [0.2, 0.25) is 0 Å². The Bertz CT molecular complexity index is 290. The van der Waals surface area contributed by atoms with Gasteiger partial charge < -0.3 is 10.1 Å². The summed E-state index contributed by atoms with van der Waals surface area (Å²) in [6, 6.07) is 0. The largest absolute Gasteiger partial charge is 0.468 e. The van der Waals surface area contributed by atoms with Gasteiger partial charge in [0.2, 0.25) is 5.91 Å². The molecule has 0 radical (unpaired) electrons. The van der Waals surface area contributed by atoms with Gasteiger partial charge in [0.05, 0.1) is 7.11 Å². The van der Waals surface area contributed by atoms with Crippen molar-refractivity contribution in [2.75, 3.05) is 13.7 Å². The summed E-state index contributed by atoms with van der Waals surface area (Å²) >= 11 is 0. The fourth-order valence-electron chi connectivity index (χ4n) is 3.18. The van der Waals surface area contributed by atoms with E-state index in [0.29, 0.717) is 12.3 Å². The summed E-state index contributed by atoms with van der Waals surface area (Å²) in [6.45, 7) is -0.00382. The zero-order chi connectivity index (χ0) is 11.5. The number of hydrogen-bond acceptors (Lipinski definition) is 3. The second-order valence-electron chi connectivity index (χ2n) is 4.99. The summed E-state index contributed by atoms with van der Waals surface area (Å²) in [7, 11) is 1.32. The fraction of sp³-hybridized carbons (Fsp3) is 0.833. The van der Waals surface area contributed by atoms with E-state index in [9.17, 15) is 9.59 Å². The highest BCUT2D eigenvalue weighted by atomic mass is 16.5.